The average molecular weight is 692 g/mol. The summed E-state index contributed by atoms with van der Waals surface area (Å²) in [5.41, 5.74) is 13.7. The number of anilines is 1. The number of urea groups is 1. The molecule has 5 aromatic rings. The van der Waals surface area contributed by atoms with Crippen molar-refractivity contribution in [2.75, 3.05) is 31.6 Å². The van der Waals surface area contributed by atoms with Crippen molar-refractivity contribution in [2.24, 2.45) is 10.8 Å². The van der Waals surface area contributed by atoms with Gasteiger partial charge in [0.1, 0.15) is 5.75 Å². The second-order valence-electron chi connectivity index (χ2n) is 12.7. The number of fused-ring (bicyclic) bond motifs is 1. The molecule has 0 unspecified atom stereocenters. The number of carbonyl (C=O) groups excluding carboxylic acids is 2. The second-order valence-corrected chi connectivity index (χ2v) is 12.7. The topological polar surface area (TPSA) is 100 Å². The Hall–Kier alpha value is -5.99. The maximum atomic E-state index is 14.5. The number of hydrazone groups is 1. The third kappa shape index (κ3) is 9.21. The molecule has 3 amide bonds. The summed E-state index contributed by atoms with van der Waals surface area (Å²) in [6, 6.07) is 41.7. The van der Waals surface area contributed by atoms with Gasteiger partial charge in [0, 0.05) is 24.2 Å². The second kappa shape index (κ2) is 17.8. The minimum atomic E-state index is -0.265. The monoisotopic (exact) mass is 691 g/mol. The van der Waals surface area contributed by atoms with Crippen LogP contribution in [-0.2, 0) is 13.0 Å². The third-order valence-corrected chi connectivity index (χ3v) is 9.05. The Kier molecular flexibility index (Phi) is 12.3. The van der Waals surface area contributed by atoms with E-state index in [1.807, 2.05) is 103 Å². The molecular weight excluding hydrogens is 647 g/mol. The number of allylic oxidation sites excluding steroid dienone is 1. The number of aryl methyl sites for hydroxylation is 1. The van der Waals surface area contributed by atoms with E-state index in [0.717, 1.165) is 52.8 Å². The lowest BCUT2D eigenvalue weighted by atomic mass is 10.0. The molecule has 8 nitrogen and oxygen atoms in total. The first kappa shape index (κ1) is 35.8. The van der Waals surface area contributed by atoms with E-state index in [9.17, 15) is 9.59 Å². The van der Waals surface area contributed by atoms with Gasteiger partial charge in [0.25, 0.3) is 5.91 Å². The Labute approximate surface area is 306 Å². The van der Waals surface area contributed by atoms with Crippen molar-refractivity contribution in [3.8, 4) is 16.9 Å². The highest BCUT2D eigenvalue weighted by Crippen LogP contribution is 2.31. The van der Waals surface area contributed by atoms with Crippen molar-refractivity contribution < 1.29 is 14.3 Å². The van der Waals surface area contributed by atoms with Crippen LogP contribution in [0.25, 0.3) is 17.2 Å². The number of unbranched alkanes of at least 4 members (excludes halogenated alkanes) is 1. The highest BCUT2D eigenvalue weighted by molar-refractivity contribution is 6.17. The molecule has 0 spiro atoms. The Morgan fingerprint density at radius 1 is 0.788 bits per heavy atom. The lowest BCUT2D eigenvalue weighted by Gasteiger charge is -2.27. The number of hydrogen-bond donors (Lipinski definition) is 2. The van der Waals surface area contributed by atoms with Crippen LogP contribution in [-0.4, -0.2) is 49.4 Å². The molecule has 0 atom stereocenters. The van der Waals surface area contributed by atoms with Crippen molar-refractivity contribution in [2.45, 2.75) is 32.2 Å². The standard InChI is InChI=1S/C44H45N5O3/c1-52-39-24-18-34(19-25-39)20-27-41-40-26-23-38(43(50)46-29-10-13-33-11-4-2-5-12-33)31-42(40)48(44(51)49(47-41)30-9-8-28-45)32-35-16-21-37(22-17-35)36-14-6-3-7-15-36/h2-7,11-12,14-27,31H,8-10,13,28-30,32,45H2,1H3,(H,46,50)/b27-20+. The molecule has 3 N–H and O–H groups in total. The molecule has 264 valence electrons. The van der Waals surface area contributed by atoms with Crippen LogP contribution < -0.4 is 20.7 Å². The van der Waals surface area contributed by atoms with Gasteiger partial charge in [0.15, 0.2) is 0 Å². The van der Waals surface area contributed by atoms with Crippen molar-refractivity contribution in [1.82, 2.24) is 10.3 Å². The van der Waals surface area contributed by atoms with Crippen LogP contribution in [0.2, 0.25) is 0 Å². The van der Waals surface area contributed by atoms with Crippen molar-refractivity contribution >= 4 is 29.4 Å². The largest absolute Gasteiger partial charge is 0.497 e. The number of nitrogens with one attached hydrogen (secondary N) is 1. The fourth-order valence-corrected chi connectivity index (χ4v) is 6.16. The first-order chi connectivity index (χ1) is 25.5. The number of ether oxygens (including phenoxy) is 1. The van der Waals surface area contributed by atoms with Crippen LogP contribution >= 0.6 is 0 Å². The predicted octanol–water partition coefficient (Wildman–Crippen LogP) is 8.32. The normalized spacial score (nSPS) is 12.7. The maximum Gasteiger partial charge on any atom is 0.345 e. The summed E-state index contributed by atoms with van der Waals surface area (Å²) in [5.74, 6) is 0.580. The minimum absolute atomic E-state index is 0.188. The maximum absolute atomic E-state index is 14.5. The first-order valence-electron chi connectivity index (χ1n) is 17.8. The first-order valence-corrected chi connectivity index (χ1v) is 17.8. The number of benzene rings is 5. The zero-order valence-corrected chi connectivity index (χ0v) is 29.6. The van der Waals surface area contributed by atoms with Gasteiger partial charge < -0.3 is 15.8 Å². The zero-order chi connectivity index (χ0) is 36.1. The molecule has 1 aliphatic heterocycles. The number of carbonyl (C=O) groups is 2. The Balaban J connectivity index is 1.33. The quantitative estimate of drug-likeness (QED) is 0.108. The lowest BCUT2D eigenvalue weighted by molar-refractivity contribution is 0.0953. The van der Waals surface area contributed by atoms with E-state index in [0.29, 0.717) is 49.6 Å². The summed E-state index contributed by atoms with van der Waals surface area (Å²) in [7, 11) is 1.64. The van der Waals surface area contributed by atoms with Crippen molar-refractivity contribution in [3.05, 3.63) is 161 Å². The van der Waals surface area contributed by atoms with Gasteiger partial charge in [-0.1, -0.05) is 103 Å². The number of nitrogens with two attached hydrogens (primary N) is 1. The van der Waals surface area contributed by atoms with Crippen LogP contribution in [0, 0.1) is 0 Å². The average Bonchev–Trinajstić information content (AvgIpc) is 3.30. The molecule has 5 aromatic carbocycles. The SMILES string of the molecule is COc1ccc(/C=C/C2=NN(CCCCN)C(=O)N(Cc3ccc(-c4ccccc4)cc3)c3cc(C(=O)NCCCc4ccccc4)ccc32)cc1. The number of methoxy groups -OCH3 is 1. The van der Waals surface area contributed by atoms with Crippen molar-refractivity contribution in [3.63, 3.8) is 0 Å². The molecule has 8 heteroatoms. The summed E-state index contributed by atoms with van der Waals surface area (Å²) in [6.45, 7) is 1.76. The van der Waals surface area contributed by atoms with Crippen LogP contribution in [0.5, 0.6) is 5.75 Å². The molecule has 0 radical (unpaired) electrons. The van der Waals surface area contributed by atoms with Crippen LogP contribution in [0.3, 0.4) is 0 Å². The molecule has 0 bridgehead atoms. The van der Waals surface area contributed by atoms with Crippen LogP contribution in [0.4, 0.5) is 10.5 Å². The highest BCUT2D eigenvalue weighted by atomic mass is 16.5. The molecule has 0 fully saturated rings. The van der Waals surface area contributed by atoms with E-state index in [-0.39, 0.29) is 11.9 Å². The lowest BCUT2D eigenvalue weighted by Crippen LogP contribution is -2.40. The fourth-order valence-electron chi connectivity index (χ4n) is 6.16. The van der Waals surface area contributed by atoms with E-state index < -0.39 is 0 Å². The van der Waals surface area contributed by atoms with E-state index in [2.05, 4.69) is 41.7 Å². The fraction of sp³-hybridized carbons (Fsp3) is 0.205. The van der Waals surface area contributed by atoms with E-state index >= 15 is 0 Å². The number of nitrogens with zero attached hydrogens (tertiary/aromatic N) is 3. The van der Waals surface area contributed by atoms with Crippen molar-refractivity contribution in [1.29, 1.82) is 0 Å². The van der Waals surface area contributed by atoms with Gasteiger partial charge in [-0.2, -0.15) is 5.10 Å². The molecule has 1 aliphatic rings. The Bertz CT molecular complexity index is 1990. The molecule has 0 saturated heterocycles. The summed E-state index contributed by atoms with van der Waals surface area (Å²) in [6.07, 6.45) is 7.04. The predicted molar refractivity (Wildman–Crippen MR) is 211 cm³/mol. The zero-order valence-electron chi connectivity index (χ0n) is 29.6. The number of rotatable bonds is 15. The minimum Gasteiger partial charge on any atom is -0.497 e. The molecule has 0 aliphatic carbocycles. The highest BCUT2D eigenvalue weighted by Gasteiger charge is 2.30. The van der Waals surface area contributed by atoms with Crippen LogP contribution in [0.15, 0.2) is 139 Å². The van der Waals surface area contributed by atoms with Gasteiger partial charge >= 0.3 is 6.03 Å². The van der Waals surface area contributed by atoms with Gasteiger partial charge in [-0.3, -0.25) is 9.69 Å². The number of amides is 3. The van der Waals surface area contributed by atoms with E-state index in [1.165, 1.54) is 10.6 Å². The molecule has 0 aromatic heterocycles. The molecule has 52 heavy (non-hydrogen) atoms. The summed E-state index contributed by atoms with van der Waals surface area (Å²) in [5, 5.41) is 9.55. The molecule has 1 heterocycles. The molecular formula is C44H45N5O3. The van der Waals surface area contributed by atoms with Gasteiger partial charge in [-0.15, -0.1) is 0 Å². The van der Waals surface area contributed by atoms with Gasteiger partial charge in [-0.05, 0) is 96.5 Å². The van der Waals surface area contributed by atoms with Gasteiger partial charge in [0.2, 0.25) is 0 Å². The summed E-state index contributed by atoms with van der Waals surface area (Å²) in [4.78, 5) is 29.8. The molecule has 6 rings (SSSR count). The summed E-state index contributed by atoms with van der Waals surface area (Å²) < 4.78 is 5.33. The Morgan fingerprint density at radius 3 is 2.21 bits per heavy atom. The van der Waals surface area contributed by atoms with E-state index in [4.69, 9.17) is 15.6 Å². The number of hydrogen-bond acceptors (Lipinski definition) is 5. The summed E-state index contributed by atoms with van der Waals surface area (Å²) >= 11 is 0. The smallest absolute Gasteiger partial charge is 0.345 e. The third-order valence-electron chi connectivity index (χ3n) is 9.05. The molecule has 0 saturated carbocycles. The van der Waals surface area contributed by atoms with Gasteiger partial charge in [0.05, 0.1) is 25.1 Å². The Morgan fingerprint density at radius 2 is 1.50 bits per heavy atom. The van der Waals surface area contributed by atoms with E-state index in [1.54, 1.807) is 12.0 Å². The van der Waals surface area contributed by atoms with Crippen LogP contribution in [0.1, 0.15) is 51.9 Å². The van der Waals surface area contributed by atoms with Gasteiger partial charge in [-0.25, -0.2) is 9.80 Å².